The van der Waals surface area contributed by atoms with Gasteiger partial charge < -0.3 is 4.74 Å². The van der Waals surface area contributed by atoms with E-state index in [2.05, 4.69) is 24.0 Å². The molecule has 0 radical (unpaired) electrons. The zero-order valence-electron chi connectivity index (χ0n) is 9.33. The zero-order chi connectivity index (χ0) is 10.7. The van der Waals surface area contributed by atoms with Crippen molar-refractivity contribution in [2.75, 3.05) is 26.3 Å². The third-order valence-electron chi connectivity index (χ3n) is 3.55. The molecule has 0 aromatic rings. The predicted octanol–water partition coefficient (Wildman–Crippen LogP) is 1.71. The molecule has 0 amide bonds. The van der Waals surface area contributed by atoms with Crippen LogP contribution in [-0.2, 0) is 4.74 Å². The van der Waals surface area contributed by atoms with Gasteiger partial charge in [-0.25, -0.2) is 0 Å². The van der Waals surface area contributed by atoms with E-state index in [0.29, 0.717) is 0 Å². The first-order valence-corrected chi connectivity index (χ1v) is 5.66. The average Bonchev–Trinajstić information content (AvgIpc) is 2.32. The number of ether oxygens (including phenoxy) is 1. The number of rotatable bonds is 1. The van der Waals surface area contributed by atoms with Crippen LogP contribution in [0.4, 0.5) is 0 Å². The summed E-state index contributed by atoms with van der Waals surface area (Å²) < 4.78 is 5.33. The maximum atomic E-state index is 9.42. The van der Waals surface area contributed by atoms with Crippen LogP contribution in [0.15, 0.2) is 11.6 Å². The van der Waals surface area contributed by atoms with Gasteiger partial charge in [0.25, 0.3) is 0 Å². The minimum Gasteiger partial charge on any atom is -0.379 e. The molecule has 1 aliphatic carbocycles. The normalized spacial score (nSPS) is 33.2. The van der Waals surface area contributed by atoms with Crippen molar-refractivity contribution in [1.29, 1.82) is 5.26 Å². The SMILES string of the molecule is CC1=CCC(C#N)(N2CCOCC2)CC1. The van der Waals surface area contributed by atoms with E-state index in [1.165, 1.54) is 5.57 Å². The Bertz CT molecular complexity index is 299. The third kappa shape index (κ3) is 2.06. The Morgan fingerprint density at radius 1 is 1.47 bits per heavy atom. The average molecular weight is 206 g/mol. The Morgan fingerprint density at radius 2 is 2.20 bits per heavy atom. The summed E-state index contributed by atoms with van der Waals surface area (Å²) in [7, 11) is 0. The van der Waals surface area contributed by atoms with Crippen molar-refractivity contribution >= 4 is 0 Å². The second kappa shape index (κ2) is 4.34. The van der Waals surface area contributed by atoms with Gasteiger partial charge in [-0.1, -0.05) is 11.6 Å². The first-order valence-electron chi connectivity index (χ1n) is 5.66. The Hall–Kier alpha value is -0.850. The fraction of sp³-hybridized carbons (Fsp3) is 0.750. The molecule has 0 aromatic heterocycles. The van der Waals surface area contributed by atoms with Gasteiger partial charge in [0.05, 0.1) is 19.3 Å². The summed E-state index contributed by atoms with van der Waals surface area (Å²) in [5.74, 6) is 0. The van der Waals surface area contributed by atoms with Gasteiger partial charge in [0.2, 0.25) is 0 Å². The van der Waals surface area contributed by atoms with Gasteiger partial charge >= 0.3 is 0 Å². The van der Waals surface area contributed by atoms with Gasteiger partial charge in [-0.05, 0) is 26.2 Å². The lowest BCUT2D eigenvalue weighted by molar-refractivity contribution is -0.00657. The monoisotopic (exact) mass is 206 g/mol. The highest BCUT2D eigenvalue weighted by atomic mass is 16.5. The van der Waals surface area contributed by atoms with E-state index < -0.39 is 0 Å². The molecule has 1 atom stereocenters. The predicted molar refractivity (Wildman–Crippen MR) is 58.3 cm³/mol. The van der Waals surface area contributed by atoms with Crippen molar-refractivity contribution in [2.45, 2.75) is 31.7 Å². The van der Waals surface area contributed by atoms with E-state index in [0.717, 1.165) is 45.6 Å². The van der Waals surface area contributed by atoms with E-state index >= 15 is 0 Å². The Balaban J connectivity index is 2.12. The van der Waals surface area contributed by atoms with Crippen LogP contribution in [0, 0.1) is 11.3 Å². The number of nitrogens with zero attached hydrogens (tertiary/aromatic N) is 2. The Kier molecular flexibility index (Phi) is 3.08. The van der Waals surface area contributed by atoms with Crippen LogP contribution in [0.25, 0.3) is 0 Å². The van der Waals surface area contributed by atoms with Crippen LogP contribution in [0.3, 0.4) is 0 Å². The lowest BCUT2D eigenvalue weighted by Crippen LogP contribution is -2.53. The fourth-order valence-corrected chi connectivity index (χ4v) is 2.40. The highest BCUT2D eigenvalue weighted by Gasteiger charge is 2.38. The lowest BCUT2D eigenvalue weighted by Gasteiger charge is -2.42. The van der Waals surface area contributed by atoms with Crippen molar-refractivity contribution in [3.8, 4) is 6.07 Å². The number of morpholine rings is 1. The first-order chi connectivity index (χ1) is 7.27. The number of hydrogen-bond acceptors (Lipinski definition) is 3. The summed E-state index contributed by atoms with van der Waals surface area (Å²) in [6.45, 7) is 5.50. The summed E-state index contributed by atoms with van der Waals surface area (Å²) in [5.41, 5.74) is 1.18. The van der Waals surface area contributed by atoms with Gasteiger partial charge in [-0.3, -0.25) is 4.90 Å². The minimum absolute atomic E-state index is 0.247. The van der Waals surface area contributed by atoms with Crippen molar-refractivity contribution in [2.24, 2.45) is 0 Å². The minimum atomic E-state index is -0.247. The summed E-state index contributed by atoms with van der Waals surface area (Å²) in [4.78, 5) is 2.31. The van der Waals surface area contributed by atoms with Gasteiger partial charge in [0.15, 0.2) is 0 Å². The molecule has 0 bridgehead atoms. The van der Waals surface area contributed by atoms with Gasteiger partial charge in [0, 0.05) is 13.1 Å². The first kappa shape index (κ1) is 10.7. The standard InChI is InChI=1S/C12H18N2O/c1-11-2-4-12(10-13,5-3-11)14-6-8-15-9-7-14/h2H,3-9H2,1H3. The van der Waals surface area contributed by atoms with E-state index in [-0.39, 0.29) is 5.54 Å². The molecule has 1 fully saturated rings. The number of allylic oxidation sites excluding steroid dienone is 1. The highest BCUT2D eigenvalue weighted by Crippen LogP contribution is 2.32. The molecular weight excluding hydrogens is 188 g/mol. The van der Waals surface area contributed by atoms with Crippen LogP contribution in [-0.4, -0.2) is 36.7 Å². The summed E-state index contributed by atoms with van der Waals surface area (Å²) >= 11 is 0. The molecule has 0 spiro atoms. The molecule has 3 heteroatoms. The second-order valence-electron chi connectivity index (χ2n) is 4.50. The molecule has 0 saturated carbocycles. The maximum absolute atomic E-state index is 9.42. The summed E-state index contributed by atoms with van der Waals surface area (Å²) in [5, 5.41) is 9.42. The lowest BCUT2D eigenvalue weighted by atomic mass is 9.82. The van der Waals surface area contributed by atoms with Gasteiger partial charge in [0.1, 0.15) is 5.54 Å². The maximum Gasteiger partial charge on any atom is 0.113 e. The molecule has 15 heavy (non-hydrogen) atoms. The molecule has 1 unspecified atom stereocenters. The van der Waals surface area contributed by atoms with E-state index in [1.54, 1.807) is 0 Å². The van der Waals surface area contributed by atoms with Crippen LogP contribution in [0.5, 0.6) is 0 Å². The summed E-state index contributed by atoms with van der Waals surface area (Å²) in [6.07, 6.45) is 5.15. The topological polar surface area (TPSA) is 36.3 Å². The molecular formula is C12H18N2O. The van der Waals surface area contributed by atoms with Gasteiger partial charge in [-0.15, -0.1) is 0 Å². The van der Waals surface area contributed by atoms with Crippen LogP contribution >= 0.6 is 0 Å². The second-order valence-corrected chi connectivity index (χ2v) is 4.50. The van der Waals surface area contributed by atoms with Crippen molar-refractivity contribution in [1.82, 2.24) is 4.90 Å². The molecule has 2 aliphatic rings. The number of hydrogen-bond donors (Lipinski definition) is 0. The highest BCUT2D eigenvalue weighted by molar-refractivity contribution is 5.19. The quantitative estimate of drug-likeness (QED) is 0.613. The van der Waals surface area contributed by atoms with Crippen LogP contribution in [0.1, 0.15) is 26.2 Å². The molecule has 0 N–H and O–H groups in total. The molecule has 1 aliphatic heterocycles. The molecule has 82 valence electrons. The van der Waals surface area contributed by atoms with Crippen molar-refractivity contribution < 1.29 is 4.74 Å². The van der Waals surface area contributed by atoms with Crippen LogP contribution < -0.4 is 0 Å². The van der Waals surface area contributed by atoms with E-state index in [1.807, 2.05) is 0 Å². The van der Waals surface area contributed by atoms with Crippen molar-refractivity contribution in [3.63, 3.8) is 0 Å². The summed E-state index contributed by atoms with van der Waals surface area (Å²) in [6, 6.07) is 2.53. The van der Waals surface area contributed by atoms with E-state index in [9.17, 15) is 5.26 Å². The smallest absolute Gasteiger partial charge is 0.113 e. The molecule has 0 aromatic carbocycles. The Morgan fingerprint density at radius 3 is 2.73 bits per heavy atom. The van der Waals surface area contributed by atoms with Gasteiger partial charge in [-0.2, -0.15) is 5.26 Å². The van der Waals surface area contributed by atoms with Crippen molar-refractivity contribution in [3.05, 3.63) is 11.6 Å². The molecule has 1 saturated heterocycles. The number of nitriles is 1. The van der Waals surface area contributed by atoms with Crippen LogP contribution in [0.2, 0.25) is 0 Å². The Labute approximate surface area is 91.3 Å². The molecule has 2 rings (SSSR count). The molecule has 3 nitrogen and oxygen atoms in total. The van der Waals surface area contributed by atoms with E-state index in [4.69, 9.17) is 4.74 Å². The largest absolute Gasteiger partial charge is 0.379 e. The fourth-order valence-electron chi connectivity index (χ4n) is 2.40. The third-order valence-corrected chi connectivity index (χ3v) is 3.55. The molecule has 1 heterocycles. The zero-order valence-corrected chi connectivity index (χ0v) is 9.33.